The molecule has 0 aliphatic heterocycles. The van der Waals surface area contributed by atoms with E-state index in [9.17, 15) is 9.90 Å². The molecule has 110 valence electrons. The molecule has 6 rings (SSSR count). The molecule has 3 aliphatic rings. The van der Waals surface area contributed by atoms with Crippen molar-refractivity contribution in [1.29, 1.82) is 0 Å². The summed E-state index contributed by atoms with van der Waals surface area (Å²) in [7, 11) is 0. The molecule has 2 bridgehead atoms. The van der Waals surface area contributed by atoms with Crippen LogP contribution in [0.25, 0.3) is 0 Å². The molecule has 0 amide bonds. The minimum absolute atomic E-state index is 0.0706. The summed E-state index contributed by atoms with van der Waals surface area (Å²) in [4.78, 5) is 11.3. The van der Waals surface area contributed by atoms with Crippen molar-refractivity contribution in [3.8, 4) is 5.75 Å². The summed E-state index contributed by atoms with van der Waals surface area (Å²) in [6, 6.07) is 20.6. The molecule has 3 aliphatic carbocycles. The average molecular weight is 298 g/mol. The Morgan fingerprint density at radius 3 is 1.57 bits per heavy atom. The Balaban J connectivity index is 1.90. The van der Waals surface area contributed by atoms with Gasteiger partial charge in [-0.15, -0.1) is 0 Å². The number of carbonyl (C=O) groups excluding carboxylic acids is 1. The third-order valence-corrected chi connectivity index (χ3v) is 5.22. The standard InChI is InChI=1S/C21H14O2/c22-11-12-9-17-18(10-19(12)23)21-15-7-3-1-5-13(15)20(17)14-6-2-4-8-16(14)21/h1-11,20-21,23H. The smallest absolute Gasteiger partial charge is 0.153 e. The number of phenolic OH excluding ortho intramolecular Hbond substituents is 1. The van der Waals surface area contributed by atoms with E-state index < -0.39 is 0 Å². The van der Waals surface area contributed by atoms with Crippen molar-refractivity contribution in [1.82, 2.24) is 0 Å². The van der Waals surface area contributed by atoms with E-state index in [2.05, 4.69) is 48.5 Å². The molecule has 0 radical (unpaired) electrons. The topological polar surface area (TPSA) is 37.3 Å². The maximum atomic E-state index is 11.3. The lowest BCUT2D eigenvalue weighted by Gasteiger charge is -2.42. The number of aldehydes is 1. The summed E-state index contributed by atoms with van der Waals surface area (Å²) < 4.78 is 0. The van der Waals surface area contributed by atoms with Crippen molar-refractivity contribution in [2.24, 2.45) is 0 Å². The first kappa shape index (κ1) is 12.7. The fraction of sp³-hybridized carbons (Fsp3) is 0.0952. The second kappa shape index (κ2) is 4.32. The third-order valence-electron chi connectivity index (χ3n) is 5.22. The summed E-state index contributed by atoms with van der Waals surface area (Å²) in [6.07, 6.45) is 0.732. The van der Waals surface area contributed by atoms with Crippen LogP contribution in [0.2, 0.25) is 0 Å². The minimum atomic E-state index is 0.0706. The van der Waals surface area contributed by atoms with E-state index in [4.69, 9.17) is 0 Å². The van der Waals surface area contributed by atoms with Gasteiger partial charge in [0.1, 0.15) is 5.75 Å². The summed E-state index contributed by atoms with van der Waals surface area (Å²) in [5.41, 5.74) is 7.87. The maximum absolute atomic E-state index is 11.3. The van der Waals surface area contributed by atoms with Crippen LogP contribution in [0.4, 0.5) is 0 Å². The molecule has 0 aromatic heterocycles. The molecule has 1 N–H and O–H groups in total. The van der Waals surface area contributed by atoms with Gasteiger partial charge in [0.05, 0.1) is 5.56 Å². The fourth-order valence-corrected chi connectivity index (χ4v) is 4.31. The van der Waals surface area contributed by atoms with Gasteiger partial charge in [0, 0.05) is 11.8 Å². The Morgan fingerprint density at radius 1 is 0.696 bits per heavy atom. The Hall–Kier alpha value is -2.87. The van der Waals surface area contributed by atoms with Crippen molar-refractivity contribution in [3.05, 3.63) is 99.6 Å². The Bertz CT molecular complexity index is 924. The van der Waals surface area contributed by atoms with Gasteiger partial charge < -0.3 is 5.11 Å². The lowest BCUT2D eigenvalue weighted by molar-refractivity contribution is 0.112. The summed E-state index contributed by atoms with van der Waals surface area (Å²) in [6.45, 7) is 0. The molecular formula is C21H14O2. The molecule has 3 aromatic rings. The van der Waals surface area contributed by atoms with Gasteiger partial charge >= 0.3 is 0 Å². The minimum Gasteiger partial charge on any atom is -0.507 e. The van der Waals surface area contributed by atoms with Crippen molar-refractivity contribution in [3.63, 3.8) is 0 Å². The van der Waals surface area contributed by atoms with Gasteiger partial charge in [-0.2, -0.15) is 0 Å². The molecule has 0 atom stereocenters. The van der Waals surface area contributed by atoms with Crippen LogP contribution in [-0.4, -0.2) is 11.4 Å². The highest BCUT2D eigenvalue weighted by Gasteiger charge is 2.41. The van der Waals surface area contributed by atoms with E-state index >= 15 is 0 Å². The highest BCUT2D eigenvalue weighted by Crippen LogP contribution is 2.56. The lowest BCUT2D eigenvalue weighted by atomic mass is 9.61. The van der Waals surface area contributed by atoms with Crippen LogP contribution in [-0.2, 0) is 0 Å². The highest BCUT2D eigenvalue weighted by molar-refractivity contribution is 5.82. The van der Waals surface area contributed by atoms with Crippen LogP contribution in [0, 0.1) is 0 Å². The maximum Gasteiger partial charge on any atom is 0.153 e. The normalized spacial score (nSPS) is 19.7. The molecule has 2 heteroatoms. The number of hydrogen-bond donors (Lipinski definition) is 1. The van der Waals surface area contributed by atoms with Gasteiger partial charge in [0.25, 0.3) is 0 Å². The number of aromatic hydroxyl groups is 1. The van der Waals surface area contributed by atoms with Crippen LogP contribution >= 0.6 is 0 Å². The van der Waals surface area contributed by atoms with Crippen molar-refractivity contribution in [2.75, 3.05) is 0 Å². The van der Waals surface area contributed by atoms with Crippen LogP contribution in [0.1, 0.15) is 55.6 Å². The lowest BCUT2D eigenvalue weighted by Crippen LogP contribution is -2.27. The average Bonchev–Trinajstić information content (AvgIpc) is 2.60. The summed E-state index contributed by atoms with van der Waals surface area (Å²) in [5.74, 6) is 0.344. The van der Waals surface area contributed by atoms with Gasteiger partial charge in [-0.05, 0) is 45.5 Å². The third kappa shape index (κ3) is 1.50. The van der Waals surface area contributed by atoms with Crippen molar-refractivity contribution >= 4 is 6.29 Å². The van der Waals surface area contributed by atoms with E-state index in [-0.39, 0.29) is 17.6 Å². The quantitative estimate of drug-likeness (QED) is 0.471. The van der Waals surface area contributed by atoms with Crippen LogP contribution < -0.4 is 0 Å². The first-order valence-electron chi connectivity index (χ1n) is 7.79. The van der Waals surface area contributed by atoms with E-state index in [1.165, 1.54) is 22.3 Å². The molecule has 0 saturated carbocycles. The Labute approximate surface area is 134 Å². The molecule has 2 nitrogen and oxygen atoms in total. The number of hydrogen-bond acceptors (Lipinski definition) is 2. The van der Waals surface area contributed by atoms with E-state index in [1.54, 1.807) is 6.07 Å². The van der Waals surface area contributed by atoms with Gasteiger partial charge in [0.15, 0.2) is 6.29 Å². The van der Waals surface area contributed by atoms with E-state index in [0.717, 1.165) is 17.4 Å². The van der Waals surface area contributed by atoms with Crippen molar-refractivity contribution < 1.29 is 9.90 Å². The molecule has 0 saturated heterocycles. The predicted octanol–water partition coefficient (Wildman–Crippen LogP) is 4.19. The van der Waals surface area contributed by atoms with Crippen LogP contribution in [0.15, 0.2) is 60.7 Å². The molecule has 0 spiro atoms. The van der Waals surface area contributed by atoms with Crippen LogP contribution in [0.3, 0.4) is 0 Å². The second-order valence-electron chi connectivity index (χ2n) is 6.28. The molecular weight excluding hydrogens is 284 g/mol. The van der Waals surface area contributed by atoms with E-state index in [0.29, 0.717) is 5.56 Å². The second-order valence-corrected chi connectivity index (χ2v) is 6.28. The van der Waals surface area contributed by atoms with E-state index in [1.807, 2.05) is 6.07 Å². The van der Waals surface area contributed by atoms with Gasteiger partial charge in [-0.3, -0.25) is 4.79 Å². The van der Waals surface area contributed by atoms with Gasteiger partial charge in [-0.1, -0.05) is 48.5 Å². The summed E-state index contributed by atoms with van der Waals surface area (Å²) in [5, 5.41) is 10.2. The zero-order valence-electron chi connectivity index (χ0n) is 12.4. The Morgan fingerprint density at radius 2 is 1.13 bits per heavy atom. The van der Waals surface area contributed by atoms with Gasteiger partial charge in [-0.25, -0.2) is 0 Å². The zero-order valence-corrected chi connectivity index (χ0v) is 12.4. The molecule has 0 fully saturated rings. The predicted molar refractivity (Wildman–Crippen MR) is 88.3 cm³/mol. The fourth-order valence-electron chi connectivity index (χ4n) is 4.31. The first-order valence-corrected chi connectivity index (χ1v) is 7.79. The number of phenols is 1. The first-order chi connectivity index (χ1) is 11.3. The molecule has 3 aromatic carbocycles. The number of benzene rings is 3. The molecule has 0 heterocycles. The molecule has 23 heavy (non-hydrogen) atoms. The SMILES string of the molecule is O=Cc1cc2c(cc1O)C1c3ccccc3C2c2ccccc21. The van der Waals surface area contributed by atoms with Crippen molar-refractivity contribution in [2.45, 2.75) is 11.8 Å². The monoisotopic (exact) mass is 298 g/mol. The van der Waals surface area contributed by atoms with Gasteiger partial charge in [0.2, 0.25) is 0 Å². The number of rotatable bonds is 1. The number of carbonyl (C=O) groups is 1. The van der Waals surface area contributed by atoms with Crippen LogP contribution in [0.5, 0.6) is 5.75 Å². The zero-order chi connectivity index (χ0) is 15.6. The summed E-state index contributed by atoms with van der Waals surface area (Å²) >= 11 is 0. The molecule has 0 unspecified atom stereocenters. The Kier molecular flexibility index (Phi) is 2.38. The largest absolute Gasteiger partial charge is 0.507 e. The highest BCUT2D eigenvalue weighted by atomic mass is 16.3.